The smallest absolute Gasteiger partial charge is 0.257 e. The van der Waals surface area contributed by atoms with Crippen molar-refractivity contribution in [2.75, 3.05) is 19.7 Å². The van der Waals surface area contributed by atoms with Gasteiger partial charge in [-0.05, 0) is 37.8 Å². The summed E-state index contributed by atoms with van der Waals surface area (Å²) in [5.41, 5.74) is 0.249. The minimum Gasteiger partial charge on any atom is -0.478 e. The molecule has 26 heavy (non-hydrogen) atoms. The Morgan fingerprint density at radius 3 is 3.12 bits per heavy atom. The van der Waals surface area contributed by atoms with Crippen molar-refractivity contribution < 1.29 is 14.1 Å². The summed E-state index contributed by atoms with van der Waals surface area (Å²) in [6.45, 7) is 2.98. The van der Waals surface area contributed by atoms with Gasteiger partial charge < -0.3 is 14.2 Å². The molecule has 2 aromatic rings. The lowest BCUT2D eigenvalue weighted by atomic mass is 9.80. The maximum Gasteiger partial charge on any atom is 0.257 e. The molecule has 1 aliphatic heterocycles. The van der Waals surface area contributed by atoms with Crippen LogP contribution in [-0.4, -0.2) is 40.6 Å². The van der Waals surface area contributed by atoms with Crippen LogP contribution >= 0.6 is 0 Å². The highest BCUT2D eigenvalue weighted by Gasteiger charge is 2.55. The van der Waals surface area contributed by atoms with E-state index in [0.717, 1.165) is 19.3 Å². The molecule has 2 aliphatic rings. The third-order valence-corrected chi connectivity index (χ3v) is 5.52. The number of nitrogens with zero attached hydrogens (tertiary/aromatic N) is 4. The van der Waals surface area contributed by atoms with Crippen molar-refractivity contribution in [2.24, 2.45) is 5.92 Å². The van der Waals surface area contributed by atoms with Crippen LogP contribution in [0.15, 0.2) is 28.8 Å². The van der Waals surface area contributed by atoms with Crippen LogP contribution in [0.5, 0.6) is 5.75 Å². The van der Waals surface area contributed by atoms with Crippen molar-refractivity contribution in [1.82, 2.24) is 15.0 Å². The lowest BCUT2D eigenvalue weighted by Gasteiger charge is -2.24. The van der Waals surface area contributed by atoms with Gasteiger partial charge in [0, 0.05) is 13.1 Å². The molecule has 1 aromatic heterocycles. The third-order valence-electron chi connectivity index (χ3n) is 5.52. The van der Waals surface area contributed by atoms with Crippen LogP contribution in [0.3, 0.4) is 0 Å². The molecule has 1 aromatic carbocycles. The van der Waals surface area contributed by atoms with E-state index in [1.54, 1.807) is 24.3 Å². The second-order valence-corrected chi connectivity index (χ2v) is 7.02. The topological polar surface area (TPSA) is 92.3 Å². The van der Waals surface area contributed by atoms with E-state index in [-0.39, 0.29) is 17.9 Å². The molecule has 1 saturated heterocycles. The van der Waals surface area contributed by atoms with Gasteiger partial charge in [0.1, 0.15) is 11.8 Å². The Bertz CT molecular complexity index is 872. The molecule has 1 aliphatic carbocycles. The molecule has 2 fully saturated rings. The third kappa shape index (κ3) is 2.62. The molecule has 7 heteroatoms. The van der Waals surface area contributed by atoms with Crippen LogP contribution in [0.2, 0.25) is 0 Å². The van der Waals surface area contributed by atoms with E-state index in [4.69, 9.17) is 14.5 Å². The molecule has 2 atom stereocenters. The molecule has 1 saturated carbocycles. The van der Waals surface area contributed by atoms with Gasteiger partial charge in [-0.1, -0.05) is 23.7 Å². The lowest BCUT2D eigenvalue weighted by molar-refractivity contribution is 0.0771. The van der Waals surface area contributed by atoms with E-state index in [9.17, 15) is 4.79 Å². The number of aromatic nitrogens is 2. The normalized spacial score (nSPS) is 24.3. The summed E-state index contributed by atoms with van der Waals surface area (Å²) in [6, 6.07) is 9.01. The summed E-state index contributed by atoms with van der Waals surface area (Å²) in [7, 11) is 0. The van der Waals surface area contributed by atoms with Crippen LogP contribution in [0, 0.1) is 24.2 Å². The fourth-order valence-corrected chi connectivity index (χ4v) is 4.34. The lowest BCUT2D eigenvalue weighted by Crippen LogP contribution is -2.35. The molecule has 134 valence electrons. The standard InChI is InChI=1S/C19H20N4O3/c1-13-21-18(26-22-13)19-8-4-5-14(19)11-23(12-19)17(24)15-6-2-3-7-16(15)25-10-9-20/h2-3,6-7,14H,4-5,8,10-12H2,1H3/t14-,19-/m0/s1. The molecule has 2 heterocycles. The highest BCUT2D eigenvalue weighted by Crippen LogP contribution is 2.50. The van der Waals surface area contributed by atoms with Gasteiger partial charge in [0.15, 0.2) is 12.4 Å². The summed E-state index contributed by atoms with van der Waals surface area (Å²) in [6.07, 6.45) is 3.11. The van der Waals surface area contributed by atoms with Crippen molar-refractivity contribution in [3.05, 3.63) is 41.5 Å². The minimum atomic E-state index is -0.237. The number of rotatable bonds is 4. The maximum absolute atomic E-state index is 13.1. The summed E-state index contributed by atoms with van der Waals surface area (Å²) in [5, 5.41) is 12.7. The van der Waals surface area contributed by atoms with Crippen molar-refractivity contribution in [3.63, 3.8) is 0 Å². The number of hydrogen-bond acceptors (Lipinski definition) is 6. The second-order valence-electron chi connectivity index (χ2n) is 7.02. The van der Waals surface area contributed by atoms with Gasteiger partial charge in [-0.2, -0.15) is 10.2 Å². The van der Waals surface area contributed by atoms with Crippen LogP contribution < -0.4 is 4.74 Å². The quantitative estimate of drug-likeness (QED) is 0.839. The van der Waals surface area contributed by atoms with Crippen molar-refractivity contribution in [2.45, 2.75) is 31.6 Å². The van der Waals surface area contributed by atoms with E-state index >= 15 is 0 Å². The highest BCUT2D eigenvalue weighted by atomic mass is 16.5. The summed E-state index contributed by atoms with van der Waals surface area (Å²) in [4.78, 5) is 19.5. The fraction of sp³-hybridized carbons (Fsp3) is 0.474. The molecular weight excluding hydrogens is 332 g/mol. The van der Waals surface area contributed by atoms with Gasteiger partial charge in [0.25, 0.3) is 5.91 Å². The average Bonchev–Trinajstić information content (AvgIpc) is 3.33. The Kier molecular flexibility index (Phi) is 4.11. The zero-order chi connectivity index (χ0) is 18.1. The minimum absolute atomic E-state index is 0.0800. The molecule has 0 spiro atoms. The molecular formula is C19H20N4O3. The highest BCUT2D eigenvalue weighted by molar-refractivity contribution is 5.97. The first kappa shape index (κ1) is 16.6. The number of benzene rings is 1. The van der Waals surface area contributed by atoms with Gasteiger partial charge in [-0.25, -0.2) is 0 Å². The Morgan fingerprint density at radius 2 is 2.35 bits per heavy atom. The molecule has 0 radical (unpaired) electrons. The van der Waals surface area contributed by atoms with Gasteiger partial charge in [0.2, 0.25) is 5.89 Å². The first-order valence-corrected chi connectivity index (χ1v) is 8.83. The van der Waals surface area contributed by atoms with Crippen LogP contribution in [-0.2, 0) is 5.41 Å². The molecule has 4 rings (SSSR count). The first-order chi connectivity index (χ1) is 12.6. The molecule has 0 N–H and O–H groups in total. The fourth-order valence-electron chi connectivity index (χ4n) is 4.34. The number of aryl methyl sites for hydroxylation is 1. The van der Waals surface area contributed by atoms with E-state index < -0.39 is 0 Å². The molecule has 1 amide bonds. The van der Waals surface area contributed by atoms with Crippen molar-refractivity contribution in [1.29, 1.82) is 5.26 Å². The maximum atomic E-state index is 13.1. The second kappa shape index (κ2) is 6.45. The number of hydrogen-bond donors (Lipinski definition) is 0. The van der Waals surface area contributed by atoms with E-state index in [0.29, 0.717) is 42.0 Å². The summed E-state index contributed by atoms with van der Waals surface area (Å²) in [5.74, 6) is 1.97. The summed E-state index contributed by atoms with van der Waals surface area (Å²) < 4.78 is 10.9. The van der Waals surface area contributed by atoms with Gasteiger partial charge >= 0.3 is 0 Å². The number of ether oxygens (including phenoxy) is 1. The van der Waals surface area contributed by atoms with Crippen LogP contribution in [0.4, 0.5) is 0 Å². The average molecular weight is 352 g/mol. The largest absolute Gasteiger partial charge is 0.478 e. The molecule has 0 unspecified atom stereocenters. The number of carbonyl (C=O) groups excluding carboxylic acids is 1. The zero-order valence-corrected chi connectivity index (χ0v) is 14.6. The monoisotopic (exact) mass is 352 g/mol. The van der Waals surface area contributed by atoms with Crippen LogP contribution in [0.25, 0.3) is 0 Å². The number of amides is 1. The van der Waals surface area contributed by atoms with Crippen LogP contribution in [0.1, 0.15) is 41.3 Å². The predicted molar refractivity (Wildman–Crippen MR) is 91.5 cm³/mol. The number of likely N-dealkylation sites (tertiary alicyclic amines) is 1. The number of nitriles is 1. The van der Waals surface area contributed by atoms with Gasteiger partial charge in [-0.3, -0.25) is 4.79 Å². The molecule has 0 bridgehead atoms. The number of para-hydroxylation sites is 1. The Balaban J connectivity index is 1.61. The van der Waals surface area contributed by atoms with Crippen molar-refractivity contribution in [3.8, 4) is 11.8 Å². The van der Waals surface area contributed by atoms with Gasteiger partial charge in [-0.15, -0.1) is 0 Å². The van der Waals surface area contributed by atoms with E-state index in [1.807, 2.05) is 17.9 Å². The van der Waals surface area contributed by atoms with Crippen molar-refractivity contribution >= 4 is 5.91 Å². The number of carbonyl (C=O) groups is 1. The zero-order valence-electron chi connectivity index (χ0n) is 14.6. The SMILES string of the molecule is Cc1noc([C@]23CCC[C@H]2CN(C(=O)c2ccccc2OCC#N)C3)n1. The Hall–Kier alpha value is -2.88. The number of fused-ring (bicyclic) bond motifs is 1. The Morgan fingerprint density at radius 1 is 1.50 bits per heavy atom. The van der Waals surface area contributed by atoms with Gasteiger partial charge in [0.05, 0.1) is 11.0 Å². The predicted octanol–water partition coefficient (Wildman–Crippen LogP) is 2.47. The Labute approximate surface area is 151 Å². The van der Waals surface area contributed by atoms with E-state index in [1.165, 1.54) is 0 Å². The van der Waals surface area contributed by atoms with E-state index in [2.05, 4.69) is 10.1 Å². The summed E-state index contributed by atoms with van der Waals surface area (Å²) >= 11 is 0. The molecule has 7 nitrogen and oxygen atoms in total. The first-order valence-electron chi connectivity index (χ1n) is 8.83.